The van der Waals surface area contributed by atoms with Crippen LogP contribution < -0.4 is 11.1 Å². The van der Waals surface area contributed by atoms with Gasteiger partial charge in [-0.25, -0.2) is 0 Å². The largest absolute Gasteiger partial charge is 0.369 e. The summed E-state index contributed by atoms with van der Waals surface area (Å²) in [5.74, 6) is 1.34. The van der Waals surface area contributed by atoms with E-state index in [9.17, 15) is 4.79 Å². The van der Waals surface area contributed by atoms with Crippen LogP contribution in [0.5, 0.6) is 0 Å². The molecule has 0 aromatic heterocycles. The van der Waals surface area contributed by atoms with E-state index < -0.39 is 0 Å². The van der Waals surface area contributed by atoms with Gasteiger partial charge in [-0.3, -0.25) is 14.7 Å². The van der Waals surface area contributed by atoms with Crippen molar-refractivity contribution >= 4 is 11.9 Å². The first-order chi connectivity index (χ1) is 8.50. The Bertz CT molecular complexity index is 295. The number of guanidine groups is 1. The number of amides is 1. The van der Waals surface area contributed by atoms with Crippen LogP contribution in [0.4, 0.5) is 0 Å². The van der Waals surface area contributed by atoms with Gasteiger partial charge in [-0.15, -0.1) is 0 Å². The summed E-state index contributed by atoms with van der Waals surface area (Å²) in [6.45, 7) is 9.15. The summed E-state index contributed by atoms with van der Waals surface area (Å²) in [6.07, 6.45) is 2.20. The van der Waals surface area contributed by atoms with Gasteiger partial charge in [0.25, 0.3) is 0 Å². The van der Waals surface area contributed by atoms with E-state index >= 15 is 0 Å². The fraction of sp³-hybridized carbons (Fsp3) is 0.846. The lowest BCUT2D eigenvalue weighted by Crippen LogP contribution is -2.45. The molecular weight excluding hydrogens is 228 g/mol. The number of aliphatic imine (C=N–C) groups is 1. The fourth-order valence-electron chi connectivity index (χ4n) is 2.07. The van der Waals surface area contributed by atoms with E-state index in [1.54, 1.807) is 11.8 Å². The van der Waals surface area contributed by atoms with Crippen molar-refractivity contribution < 1.29 is 4.79 Å². The number of nitrogens with zero attached hydrogens (tertiary/aromatic N) is 2. The number of nitrogens with two attached hydrogens (primary N) is 1. The van der Waals surface area contributed by atoms with E-state index in [1.165, 1.54) is 0 Å². The van der Waals surface area contributed by atoms with Crippen molar-refractivity contribution in [3.63, 3.8) is 0 Å². The van der Waals surface area contributed by atoms with E-state index in [0.717, 1.165) is 25.9 Å². The summed E-state index contributed by atoms with van der Waals surface area (Å²) < 4.78 is 0. The van der Waals surface area contributed by atoms with Crippen molar-refractivity contribution in [1.29, 1.82) is 0 Å². The summed E-state index contributed by atoms with van der Waals surface area (Å²) in [6, 6.07) is 0. The predicted octanol–water partition coefficient (Wildman–Crippen LogP) is 0.805. The minimum Gasteiger partial charge on any atom is -0.369 e. The van der Waals surface area contributed by atoms with Crippen LogP contribution in [0.2, 0.25) is 0 Å². The minimum absolute atomic E-state index is 0.0152. The highest BCUT2D eigenvalue weighted by Crippen LogP contribution is 2.13. The Morgan fingerprint density at radius 3 is 2.56 bits per heavy atom. The fourth-order valence-corrected chi connectivity index (χ4v) is 2.07. The van der Waals surface area contributed by atoms with Gasteiger partial charge in [0.15, 0.2) is 5.96 Å². The van der Waals surface area contributed by atoms with Gasteiger partial charge in [0.1, 0.15) is 0 Å². The summed E-state index contributed by atoms with van der Waals surface area (Å²) in [5, 5.41) is 3.32. The van der Waals surface area contributed by atoms with Gasteiger partial charge in [0, 0.05) is 20.0 Å². The Labute approximate surface area is 110 Å². The molecule has 18 heavy (non-hydrogen) atoms. The van der Waals surface area contributed by atoms with Crippen LogP contribution in [0.25, 0.3) is 0 Å². The molecule has 1 aliphatic heterocycles. The van der Waals surface area contributed by atoms with Gasteiger partial charge in [0.05, 0.1) is 0 Å². The molecule has 1 rings (SSSR count). The molecule has 5 nitrogen and oxygen atoms in total. The number of hydrogen-bond donors (Lipinski definition) is 2. The molecule has 0 aromatic rings. The first kappa shape index (κ1) is 15.0. The third kappa shape index (κ3) is 5.04. The van der Waals surface area contributed by atoms with Gasteiger partial charge in [-0.2, -0.15) is 0 Å². The molecule has 0 bridgehead atoms. The quantitative estimate of drug-likeness (QED) is 0.576. The molecule has 1 fully saturated rings. The summed E-state index contributed by atoms with van der Waals surface area (Å²) in [5.41, 5.74) is 5.92. The van der Waals surface area contributed by atoms with E-state index in [4.69, 9.17) is 5.73 Å². The first-order valence-corrected chi connectivity index (χ1v) is 6.79. The standard InChI is InChI=1S/C13H26N4O/c1-10(2)8-16-13(14)17(11(3)18)9-12-4-6-15-7-5-12/h10,12,15H,4-9H2,1-3H3,(H2,14,16). The zero-order valence-electron chi connectivity index (χ0n) is 11.8. The van der Waals surface area contributed by atoms with Crippen LogP contribution in [-0.2, 0) is 4.79 Å². The molecule has 0 aliphatic carbocycles. The van der Waals surface area contributed by atoms with Crippen molar-refractivity contribution in [3.05, 3.63) is 0 Å². The third-order valence-electron chi connectivity index (χ3n) is 3.17. The lowest BCUT2D eigenvalue weighted by atomic mass is 9.97. The second kappa shape index (κ2) is 7.36. The third-order valence-corrected chi connectivity index (χ3v) is 3.17. The summed E-state index contributed by atoms with van der Waals surface area (Å²) in [4.78, 5) is 17.6. The number of carbonyl (C=O) groups excluding carboxylic acids is 1. The molecule has 3 N–H and O–H groups in total. The van der Waals surface area contributed by atoms with Crippen LogP contribution in [-0.4, -0.2) is 42.9 Å². The molecule has 0 spiro atoms. The molecule has 0 unspecified atom stereocenters. The van der Waals surface area contributed by atoms with Gasteiger partial charge >= 0.3 is 0 Å². The molecule has 5 heteroatoms. The second-order valence-electron chi connectivity index (χ2n) is 5.42. The highest BCUT2D eigenvalue weighted by Gasteiger charge is 2.20. The van der Waals surface area contributed by atoms with Gasteiger partial charge in [-0.1, -0.05) is 13.8 Å². The second-order valence-corrected chi connectivity index (χ2v) is 5.42. The highest BCUT2D eigenvalue weighted by atomic mass is 16.2. The molecule has 1 heterocycles. The number of carbonyl (C=O) groups is 1. The molecule has 0 saturated carbocycles. The maximum atomic E-state index is 11.7. The average Bonchev–Trinajstić information content (AvgIpc) is 2.34. The van der Waals surface area contributed by atoms with Crippen molar-refractivity contribution in [2.45, 2.75) is 33.6 Å². The molecule has 104 valence electrons. The maximum absolute atomic E-state index is 11.7. The molecule has 0 radical (unpaired) electrons. The van der Waals surface area contributed by atoms with Crippen LogP contribution in [0.15, 0.2) is 4.99 Å². The lowest BCUT2D eigenvalue weighted by molar-refractivity contribution is -0.125. The minimum atomic E-state index is -0.0152. The van der Waals surface area contributed by atoms with Crippen molar-refractivity contribution in [3.8, 4) is 0 Å². The molecule has 1 amide bonds. The van der Waals surface area contributed by atoms with Gasteiger partial charge in [-0.05, 0) is 37.8 Å². The molecular formula is C13H26N4O. The maximum Gasteiger partial charge on any atom is 0.226 e. The van der Waals surface area contributed by atoms with Crippen LogP contribution in [0.1, 0.15) is 33.6 Å². The Hall–Kier alpha value is -1.10. The first-order valence-electron chi connectivity index (χ1n) is 6.79. The smallest absolute Gasteiger partial charge is 0.226 e. The summed E-state index contributed by atoms with van der Waals surface area (Å²) in [7, 11) is 0. The normalized spacial score (nSPS) is 18.1. The van der Waals surface area contributed by atoms with E-state index in [-0.39, 0.29) is 5.91 Å². The van der Waals surface area contributed by atoms with E-state index in [0.29, 0.717) is 30.9 Å². The Morgan fingerprint density at radius 1 is 1.44 bits per heavy atom. The van der Waals surface area contributed by atoms with Crippen molar-refractivity contribution in [2.24, 2.45) is 22.6 Å². The SMILES string of the molecule is CC(=O)N(CC1CCNCC1)C(N)=NCC(C)C. The van der Waals surface area contributed by atoms with Crippen LogP contribution >= 0.6 is 0 Å². The van der Waals surface area contributed by atoms with Crippen LogP contribution in [0, 0.1) is 11.8 Å². The number of rotatable bonds is 4. The Kier molecular flexibility index (Phi) is 6.12. The summed E-state index contributed by atoms with van der Waals surface area (Å²) >= 11 is 0. The number of piperidine rings is 1. The zero-order chi connectivity index (χ0) is 13.5. The van der Waals surface area contributed by atoms with Crippen molar-refractivity contribution in [2.75, 3.05) is 26.2 Å². The monoisotopic (exact) mass is 254 g/mol. The Morgan fingerprint density at radius 2 is 2.06 bits per heavy atom. The van der Waals surface area contributed by atoms with Gasteiger partial charge < -0.3 is 11.1 Å². The predicted molar refractivity (Wildman–Crippen MR) is 74.3 cm³/mol. The van der Waals surface area contributed by atoms with E-state index in [2.05, 4.69) is 24.2 Å². The van der Waals surface area contributed by atoms with Crippen LogP contribution in [0.3, 0.4) is 0 Å². The lowest BCUT2D eigenvalue weighted by Gasteiger charge is -2.28. The zero-order valence-corrected chi connectivity index (χ0v) is 11.8. The Balaban J connectivity index is 2.58. The molecule has 1 saturated heterocycles. The molecule has 0 aromatic carbocycles. The molecule has 1 aliphatic rings. The van der Waals surface area contributed by atoms with Crippen molar-refractivity contribution in [1.82, 2.24) is 10.2 Å². The highest BCUT2D eigenvalue weighted by molar-refractivity contribution is 5.95. The average molecular weight is 254 g/mol. The number of hydrogen-bond acceptors (Lipinski definition) is 3. The van der Waals surface area contributed by atoms with Gasteiger partial charge in [0.2, 0.25) is 5.91 Å². The number of nitrogens with one attached hydrogen (secondary N) is 1. The topological polar surface area (TPSA) is 70.7 Å². The molecule has 0 atom stereocenters. The van der Waals surface area contributed by atoms with E-state index in [1.807, 2.05) is 0 Å².